The van der Waals surface area contributed by atoms with Crippen LogP contribution in [0.15, 0.2) is 35.6 Å². The molecule has 0 fully saturated rings. The van der Waals surface area contributed by atoms with Crippen LogP contribution in [0.1, 0.15) is 10.5 Å². The van der Waals surface area contributed by atoms with Gasteiger partial charge in [0.25, 0.3) is 0 Å². The maximum absolute atomic E-state index is 12.0. The third kappa shape index (κ3) is 3.37. The predicted molar refractivity (Wildman–Crippen MR) is 75.2 cm³/mol. The van der Waals surface area contributed by atoms with Crippen LogP contribution in [0.3, 0.4) is 0 Å². The van der Waals surface area contributed by atoms with Gasteiger partial charge in [-0.1, -0.05) is 47.1 Å². The molecule has 0 N–H and O–H groups in total. The van der Waals surface area contributed by atoms with Crippen molar-refractivity contribution >= 4 is 40.9 Å². The molecule has 0 unspecified atom stereocenters. The van der Waals surface area contributed by atoms with Gasteiger partial charge in [0, 0.05) is 0 Å². The molecular formula is C12H8Cl2N2O2S. The number of nitrogens with zero attached hydrogens (tertiary/aromatic N) is 2. The lowest BCUT2D eigenvalue weighted by molar-refractivity contribution is 0.0727. The quantitative estimate of drug-likeness (QED) is 0.374. The highest BCUT2D eigenvalue weighted by molar-refractivity contribution is 7.98. The van der Waals surface area contributed by atoms with Gasteiger partial charge in [-0.05, 0) is 18.4 Å². The van der Waals surface area contributed by atoms with Gasteiger partial charge < -0.3 is 4.74 Å². The molecule has 0 aliphatic carbocycles. The Bertz CT molecular complexity index is 622. The molecule has 4 nitrogen and oxygen atoms in total. The maximum Gasteiger partial charge on any atom is 0.364 e. The Balaban J connectivity index is 2.28. The van der Waals surface area contributed by atoms with E-state index in [0.29, 0.717) is 10.2 Å². The summed E-state index contributed by atoms with van der Waals surface area (Å²) >= 11 is 13.1. The molecule has 1 aromatic heterocycles. The minimum atomic E-state index is -0.671. The van der Waals surface area contributed by atoms with E-state index < -0.39 is 5.97 Å². The molecule has 0 bridgehead atoms. The second kappa shape index (κ2) is 6.23. The number of benzene rings is 1. The van der Waals surface area contributed by atoms with E-state index in [1.54, 1.807) is 30.5 Å². The third-order valence-electron chi connectivity index (χ3n) is 2.14. The lowest BCUT2D eigenvalue weighted by atomic mass is 10.3. The molecule has 0 saturated heterocycles. The van der Waals surface area contributed by atoms with Crippen molar-refractivity contribution in [2.24, 2.45) is 0 Å². The number of rotatable bonds is 3. The average molecular weight is 315 g/mol. The van der Waals surface area contributed by atoms with Crippen LogP contribution < -0.4 is 4.74 Å². The number of thioether (sulfide) groups is 1. The molecule has 0 atom stereocenters. The molecule has 2 rings (SSSR count). The van der Waals surface area contributed by atoms with Crippen molar-refractivity contribution in [3.8, 4) is 5.75 Å². The SMILES string of the molecule is CSc1ncc(Cl)c(C(=O)Oc2ccccc2Cl)n1. The Hall–Kier alpha value is -1.30. The number of carbonyl (C=O) groups excluding carboxylic acids is 1. The smallest absolute Gasteiger partial charge is 0.364 e. The first-order valence-corrected chi connectivity index (χ1v) is 7.13. The van der Waals surface area contributed by atoms with E-state index in [4.69, 9.17) is 27.9 Å². The predicted octanol–water partition coefficient (Wildman–Crippen LogP) is 3.72. The summed E-state index contributed by atoms with van der Waals surface area (Å²) in [4.78, 5) is 20.0. The number of carbonyl (C=O) groups is 1. The monoisotopic (exact) mass is 314 g/mol. The number of para-hydroxylation sites is 1. The zero-order valence-electron chi connectivity index (χ0n) is 9.76. The number of esters is 1. The maximum atomic E-state index is 12.0. The number of hydrogen-bond donors (Lipinski definition) is 0. The van der Waals surface area contributed by atoms with E-state index in [-0.39, 0.29) is 16.5 Å². The van der Waals surface area contributed by atoms with Crippen LogP contribution in [0.4, 0.5) is 0 Å². The van der Waals surface area contributed by atoms with Crippen LogP contribution >= 0.6 is 35.0 Å². The highest BCUT2D eigenvalue weighted by Crippen LogP contribution is 2.25. The lowest BCUT2D eigenvalue weighted by Crippen LogP contribution is -2.12. The highest BCUT2D eigenvalue weighted by atomic mass is 35.5. The molecule has 2 aromatic rings. The Labute approximate surface area is 124 Å². The fraction of sp³-hybridized carbons (Fsp3) is 0.0833. The molecule has 1 aromatic carbocycles. The van der Waals surface area contributed by atoms with E-state index in [1.165, 1.54) is 18.0 Å². The van der Waals surface area contributed by atoms with Gasteiger partial charge in [0.15, 0.2) is 10.9 Å². The zero-order chi connectivity index (χ0) is 13.8. The van der Waals surface area contributed by atoms with E-state index >= 15 is 0 Å². The van der Waals surface area contributed by atoms with Crippen molar-refractivity contribution in [1.29, 1.82) is 0 Å². The second-order valence-corrected chi connectivity index (χ2v) is 4.96. The number of hydrogen-bond acceptors (Lipinski definition) is 5. The summed E-state index contributed by atoms with van der Waals surface area (Å²) in [6.07, 6.45) is 3.16. The first-order chi connectivity index (χ1) is 9.11. The van der Waals surface area contributed by atoms with Gasteiger partial charge in [0.2, 0.25) is 0 Å². The molecule has 0 amide bonds. The minimum absolute atomic E-state index is 0.0148. The molecule has 19 heavy (non-hydrogen) atoms. The lowest BCUT2D eigenvalue weighted by Gasteiger charge is -2.06. The third-order valence-corrected chi connectivity index (χ3v) is 3.29. The van der Waals surface area contributed by atoms with E-state index in [2.05, 4.69) is 9.97 Å². The Morgan fingerprint density at radius 1 is 1.26 bits per heavy atom. The molecular weight excluding hydrogens is 307 g/mol. The van der Waals surface area contributed by atoms with Crippen molar-refractivity contribution < 1.29 is 9.53 Å². The van der Waals surface area contributed by atoms with Crippen LogP contribution in [0.25, 0.3) is 0 Å². The first-order valence-electron chi connectivity index (χ1n) is 5.15. The standard InChI is InChI=1S/C12H8Cl2N2O2S/c1-19-12-15-6-8(14)10(16-12)11(17)18-9-5-3-2-4-7(9)13/h2-6H,1H3. The summed E-state index contributed by atoms with van der Waals surface area (Å²) in [5.74, 6) is -0.412. The second-order valence-electron chi connectivity index (χ2n) is 3.37. The van der Waals surface area contributed by atoms with Crippen LogP contribution in [0.5, 0.6) is 5.75 Å². The van der Waals surface area contributed by atoms with Crippen LogP contribution in [0, 0.1) is 0 Å². The highest BCUT2D eigenvalue weighted by Gasteiger charge is 2.17. The van der Waals surface area contributed by atoms with Gasteiger partial charge >= 0.3 is 5.97 Å². The fourth-order valence-corrected chi connectivity index (χ4v) is 1.95. The summed E-state index contributed by atoms with van der Waals surface area (Å²) in [6, 6.07) is 6.66. The van der Waals surface area contributed by atoms with Gasteiger partial charge in [-0.2, -0.15) is 0 Å². The Morgan fingerprint density at radius 2 is 2.00 bits per heavy atom. The molecule has 0 aliphatic heterocycles. The van der Waals surface area contributed by atoms with E-state index in [0.717, 1.165) is 0 Å². The summed E-state index contributed by atoms with van der Waals surface area (Å²) in [5.41, 5.74) is 0.0148. The Morgan fingerprint density at radius 3 is 2.68 bits per heavy atom. The van der Waals surface area contributed by atoms with Gasteiger partial charge in [-0.15, -0.1) is 0 Å². The fourth-order valence-electron chi connectivity index (χ4n) is 1.27. The number of halogens is 2. The van der Waals surface area contributed by atoms with Crippen LogP contribution in [-0.2, 0) is 0 Å². The largest absolute Gasteiger partial charge is 0.420 e. The molecule has 0 saturated carbocycles. The normalized spacial score (nSPS) is 10.3. The van der Waals surface area contributed by atoms with Crippen molar-refractivity contribution in [2.75, 3.05) is 6.26 Å². The topological polar surface area (TPSA) is 52.1 Å². The van der Waals surface area contributed by atoms with E-state index in [1.807, 2.05) is 0 Å². The van der Waals surface area contributed by atoms with Gasteiger partial charge in [-0.25, -0.2) is 14.8 Å². The summed E-state index contributed by atoms with van der Waals surface area (Å²) < 4.78 is 5.16. The zero-order valence-corrected chi connectivity index (χ0v) is 12.1. The van der Waals surface area contributed by atoms with Gasteiger partial charge in [0.05, 0.1) is 16.2 Å². The Kier molecular flexibility index (Phi) is 4.63. The number of ether oxygens (including phenoxy) is 1. The molecule has 0 radical (unpaired) electrons. The molecule has 7 heteroatoms. The molecule has 0 spiro atoms. The summed E-state index contributed by atoms with van der Waals surface area (Å²) in [5, 5.41) is 0.913. The van der Waals surface area contributed by atoms with Gasteiger partial charge in [-0.3, -0.25) is 0 Å². The summed E-state index contributed by atoms with van der Waals surface area (Å²) in [6.45, 7) is 0. The minimum Gasteiger partial charge on any atom is -0.420 e. The van der Waals surface area contributed by atoms with Crippen LogP contribution in [0.2, 0.25) is 10.0 Å². The van der Waals surface area contributed by atoms with E-state index in [9.17, 15) is 4.79 Å². The van der Waals surface area contributed by atoms with Crippen molar-refractivity contribution in [3.05, 3.63) is 46.2 Å². The van der Waals surface area contributed by atoms with Gasteiger partial charge in [0.1, 0.15) is 5.75 Å². The van der Waals surface area contributed by atoms with Crippen molar-refractivity contribution in [3.63, 3.8) is 0 Å². The number of aromatic nitrogens is 2. The van der Waals surface area contributed by atoms with Crippen LogP contribution in [-0.4, -0.2) is 22.2 Å². The van der Waals surface area contributed by atoms with Crippen molar-refractivity contribution in [2.45, 2.75) is 5.16 Å². The first kappa shape index (κ1) is 14.1. The molecule has 1 heterocycles. The molecule has 98 valence electrons. The molecule has 0 aliphatic rings. The summed E-state index contributed by atoms with van der Waals surface area (Å²) in [7, 11) is 0. The van der Waals surface area contributed by atoms with Crippen molar-refractivity contribution in [1.82, 2.24) is 9.97 Å². The average Bonchev–Trinajstić information content (AvgIpc) is 2.42.